The summed E-state index contributed by atoms with van der Waals surface area (Å²) in [5, 5.41) is 4.85. The highest BCUT2D eigenvalue weighted by Crippen LogP contribution is 2.35. The highest BCUT2D eigenvalue weighted by Gasteiger charge is 2.35. The highest BCUT2D eigenvalue weighted by molar-refractivity contribution is 5.68. The molecule has 4 aromatic rings. The summed E-state index contributed by atoms with van der Waals surface area (Å²) in [5.41, 5.74) is 5.74. The van der Waals surface area contributed by atoms with Gasteiger partial charge in [-0.05, 0) is 30.2 Å². The quantitative estimate of drug-likeness (QED) is 0.411. The van der Waals surface area contributed by atoms with Crippen LogP contribution in [0.1, 0.15) is 42.4 Å². The number of pyridine rings is 2. The third-order valence-corrected chi connectivity index (χ3v) is 6.39. The molecular formula is C25H26F3N7. The fourth-order valence-corrected chi connectivity index (χ4v) is 4.65. The summed E-state index contributed by atoms with van der Waals surface area (Å²) >= 11 is 0. The standard InChI is InChI=1S/C25H26F3N7/c1-15(2)22-17(6-5-10-29-22)23-18-13-35(11-9-20(18)34(4)32-23)16-7-8-19(30-12-16)24-31-21(14-33(24)3)25(26,27)28/h5-8,10,12,14-15H,9,11,13H2,1-4H3. The first kappa shape index (κ1) is 23.1. The second-order valence-corrected chi connectivity index (χ2v) is 9.12. The second-order valence-electron chi connectivity index (χ2n) is 9.12. The molecule has 0 radical (unpaired) electrons. The van der Waals surface area contributed by atoms with Crippen molar-refractivity contribution in [3.8, 4) is 22.8 Å². The van der Waals surface area contributed by atoms with Crippen LogP contribution in [0.15, 0.2) is 42.9 Å². The van der Waals surface area contributed by atoms with Crippen LogP contribution in [0.4, 0.5) is 18.9 Å². The number of nitrogens with zero attached hydrogens (tertiary/aromatic N) is 7. The van der Waals surface area contributed by atoms with Gasteiger partial charge in [0.05, 0.1) is 23.3 Å². The number of fused-ring (bicyclic) bond motifs is 1. The number of anilines is 1. The number of aromatic nitrogens is 6. The first-order valence-electron chi connectivity index (χ1n) is 11.5. The van der Waals surface area contributed by atoms with Gasteiger partial charge in [-0.3, -0.25) is 14.6 Å². The molecule has 0 N–H and O–H groups in total. The number of rotatable bonds is 4. The minimum atomic E-state index is -4.49. The van der Waals surface area contributed by atoms with Gasteiger partial charge in [-0.25, -0.2) is 4.98 Å². The lowest BCUT2D eigenvalue weighted by atomic mass is 9.96. The van der Waals surface area contributed by atoms with E-state index in [9.17, 15) is 13.2 Å². The van der Waals surface area contributed by atoms with E-state index < -0.39 is 11.9 Å². The van der Waals surface area contributed by atoms with Crippen LogP contribution < -0.4 is 4.90 Å². The van der Waals surface area contributed by atoms with Gasteiger partial charge in [-0.1, -0.05) is 13.8 Å². The van der Waals surface area contributed by atoms with Crippen LogP contribution in [0.3, 0.4) is 0 Å². The van der Waals surface area contributed by atoms with Crippen LogP contribution >= 0.6 is 0 Å². The molecular weight excluding hydrogens is 455 g/mol. The Morgan fingerprint density at radius 2 is 1.86 bits per heavy atom. The minimum absolute atomic E-state index is 0.178. The van der Waals surface area contributed by atoms with E-state index in [0.29, 0.717) is 12.2 Å². The largest absolute Gasteiger partial charge is 0.434 e. The lowest BCUT2D eigenvalue weighted by molar-refractivity contribution is -0.140. The molecule has 1 aliphatic rings. The molecule has 5 heterocycles. The van der Waals surface area contributed by atoms with Gasteiger partial charge < -0.3 is 9.47 Å². The van der Waals surface area contributed by atoms with Gasteiger partial charge >= 0.3 is 6.18 Å². The van der Waals surface area contributed by atoms with E-state index in [2.05, 4.69) is 39.8 Å². The van der Waals surface area contributed by atoms with Gasteiger partial charge in [0, 0.05) is 62.8 Å². The maximum atomic E-state index is 13.0. The van der Waals surface area contributed by atoms with Crippen molar-refractivity contribution < 1.29 is 13.2 Å². The average Bonchev–Trinajstić information content (AvgIpc) is 3.39. The second kappa shape index (κ2) is 8.51. The molecule has 0 aliphatic carbocycles. The Balaban J connectivity index is 1.44. The Morgan fingerprint density at radius 3 is 2.51 bits per heavy atom. The number of hydrogen-bond donors (Lipinski definition) is 0. The summed E-state index contributed by atoms with van der Waals surface area (Å²) in [5.74, 6) is 0.446. The summed E-state index contributed by atoms with van der Waals surface area (Å²) in [7, 11) is 3.51. The van der Waals surface area contributed by atoms with Crippen molar-refractivity contribution in [3.05, 3.63) is 65.5 Å². The molecule has 35 heavy (non-hydrogen) atoms. The molecule has 1 aliphatic heterocycles. The van der Waals surface area contributed by atoms with Crippen LogP contribution in [0.2, 0.25) is 0 Å². The normalized spacial score (nSPS) is 14.0. The van der Waals surface area contributed by atoms with E-state index in [1.165, 1.54) is 17.3 Å². The van der Waals surface area contributed by atoms with Gasteiger partial charge in [-0.2, -0.15) is 18.3 Å². The fraction of sp³-hybridized carbons (Fsp3) is 0.360. The third kappa shape index (κ3) is 4.17. The molecule has 5 rings (SSSR count). The molecule has 0 saturated carbocycles. The van der Waals surface area contributed by atoms with Gasteiger partial charge in [0.25, 0.3) is 0 Å². The molecule has 0 amide bonds. The zero-order valence-electron chi connectivity index (χ0n) is 20.0. The summed E-state index contributed by atoms with van der Waals surface area (Å²) in [6.45, 7) is 5.70. The molecule has 0 bridgehead atoms. The molecule has 0 fully saturated rings. The molecule has 10 heteroatoms. The van der Waals surface area contributed by atoms with Crippen LogP contribution in [-0.2, 0) is 33.2 Å². The maximum Gasteiger partial charge on any atom is 0.434 e. The number of imidazole rings is 1. The predicted octanol–water partition coefficient (Wildman–Crippen LogP) is 4.98. The first-order valence-corrected chi connectivity index (χ1v) is 11.5. The first-order chi connectivity index (χ1) is 16.6. The van der Waals surface area contributed by atoms with E-state index in [0.717, 1.165) is 47.4 Å². The van der Waals surface area contributed by atoms with Crippen molar-refractivity contribution in [3.63, 3.8) is 0 Å². The zero-order valence-corrected chi connectivity index (χ0v) is 20.0. The minimum Gasteiger partial charge on any atom is -0.365 e. The molecule has 7 nitrogen and oxygen atoms in total. The lowest BCUT2D eigenvalue weighted by Crippen LogP contribution is -2.31. The van der Waals surface area contributed by atoms with Crippen molar-refractivity contribution in [2.45, 2.75) is 38.9 Å². The summed E-state index contributed by atoms with van der Waals surface area (Å²) < 4.78 is 42.4. The molecule has 0 unspecified atom stereocenters. The summed E-state index contributed by atoms with van der Waals surface area (Å²) in [6, 6.07) is 7.61. The Hall–Kier alpha value is -3.69. The SMILES string of the molecule is CC(C)c1ncccc1-c1nn(C)c2c1CN(c1ccc(-c3nc(C(F)(F)F)cn3C)nc1)CC2. The molecule has 0 aromatic carbocycles. The van der Waals surface area contributed by atoms with E-state index in [4.69, 9.17) is 5.10 Å². The van der Waals surface area contributed by atoms with Crippen molar-refractivity contribution in [1.29, 1.82) is 0 Å². The molecule has 0 atom stereocenters. The molecule has 0 spiro atoms. The van der Waals surface area contributed by atoms with E-state index in [1.807, 2.05) is 30.1 Å². The number of halogens is 3. The van der Waals surface area contributed by atoms with Gasteiger partial charge in [0.15, 0.2) is 11.5 Å². The lowest BCUT2D eigenvalue weighted by Gasteiger charge is -2.29. The molecule has 0 saturated heterocycles. The predicted molar refractivity (Wildman–Crippen MR) is 127 cm³/mol. The highest BCUT2D eigenvalue weighted by atomic mass is 19.4. The third-order valence-electron chi connectivity index (χ3n) is 6.39. The van der Waals surface area contributed by atoms with Gasteiger partial charge in [0.2, 0.25) is 0 Å². The smallest absolute Gasteiger partial charge is 0.365 e. The molecule has 182 valence electrons. The van der Waals surface area contributed by atoms with E-state index >= 15 is 0 Å². The Bertz CT molecular complexity index is 1370. The van der Waals surface area contributed by atoms with Gasteiger partial charge in [-0.15, -0.1) is 0 Å². The number of alkyl halides is 3. The van der Waals surface area contributed by atoms with Crippen LogP contribution in [0.5, 0.6) is 0 Å². The monoisotopic (exact) mass is 481 g/mol. The van der Waals surface area contributed by atoms with E-state index in [1.54, 1.807) is 12.3 Å². The van der Waals surface area contributed by atoms with Crippen molar-refractivity contribution in [1.82, 2.24) is 29.3 Å². The number of aryl methyl sites for hydroxylation is 2. The van der Waals surface area contributed by atoms with Crippen molar-refractivity contribution in [2.75, 3.05) is 11.4 Å². The van der Waals surface area contributed by atoms with Crippen LogP contribution in [0, 0.1) is 0 Å². The van der Waals surface area contributed by atoms with Crippen molar-refractivity contribution in [2.24, 2.45) is 14.1 Å². The Kier molecular flexibility index (Phi) is 5.61. The Morgan fingerprint density at radius 1 is 1.06 bits per heavy atom. The van der Waals surface area contributed by atoms with Gasteiger partial charge in [0.1, 0.15) is 5.69 Å². The van der Waals surface area contributed by atoms with E-state index in [-0.39, 0.29) is 11.7 Å². The van der Waals surface area contributed by atoms with Crippen LogP contribution in [0.25, 0.3) is 22.8 Å². The average molecular weight is 482 g/mol. The zero-order chi connectivity index (χ0) is 24.9. The van der Waals surface area contributed by atoms with Crippen LogP contribution in [-0.4, -0.2) is 35.8 Å². The number of hydrogen-bond acceptors (Lipinski definition) is 5. The fourth-order valence-electron chi connectivity index (χ4n) is 4.65. The Labute approximate surface area is 201 Å². The maximum absolute atomic E-state index is 13.0. The molecule has 4 aromatic heterocycles. The van der Waals surface area contributed by atoms with Crippen molar-refractivity contribution >= 4 is 5.69 Å². The summed E-state index contributed by atoms with van der Waals surface area (Å²) in [4.78, 5) is 15.0. The topological polar surface area (TPSA) is 64.7 Å². The summed E-state index contributed by atoms with van der Waals surface area (Å²) in [6.07, 6.45) is 0.818.